The minimum atomic E-state index is -0.524. The Morgan fingerprint density at radius 1 is 1.04 bits per heavy atom. The zero-order chi connectivity index (χ0) is 20.1. The summed E-state index contributed by atoms with van der Waals surface area (Å²) >= 11 is 11.7. The Morgan fingerprint density at radius 2 is 1.82 bits per heavy atom. The van der Waals surface area contributed by atoms with Crippen LogP contribution >= 0.6 is 23.2 Å². The van der Waals surface area contributed by atoms with Crippen molar-refractivity contribution in [3.05, 3.63) is 75.8 Å². The van der Waals surface area contributed by atoms with Gasteiger partial charge in [-0.1, -0.05) is 53.5 Å². The molecule has 0 aliphatic heterocycles. The number of hydrogen-bond donors (Lipinski definition) is 3. The van der Waals surface area contributed by atoms with E-state index < -0.39 is 11.8 Å². The molecule has 0 heterocycles. The fourth-order valence-electron chi connectivity index (χ4n) is 2.53. The van der Waals surface area contributed by atoms with Gasteiger partial charge in [0.2, 0.25) is 0 Å². The normalized spacial score (nSPS) is 10.9. The summed E-state index contributed by atoms with van der Waals surface area (Å²) in [5, 5.41) is 18.7. The molecule has 0 spiro atoms. The van der Waals surface area contributed by atoms with Gasteiger partial charge in [0, 0.05) is 11.1 Å². The first-order chi connectivity index (χ1) is 13.5. The van der Waals surface area contributed by atoms with Gasteiger partial charge in [-0.05, 0) is 35.0 Å². The molecule has 0 saturated carbocycles. The van der Waals surface area contributed by atoms with Crippen LogP contribution in [0.15, 0.2) is 59.7 Å². The first kappa shape index (κ1) is 19.7. The van der Waals surface area contributed by atoms with Gasteiger partial charge in [-0.3, -0.25) is 9.59 Å². The lowest BCUT2D eigenvalue weighted by Gasteiger charge is -2.06. The number of aromatic hydroxyl groups is 1. The fourth-order valence-corrected chi connectivity index (χ4v) is 2.83. The van der Waals surface area contributed by atoms with Crippen LogP contribution in [0.2, 0.25) is 10.0 Å². The second-order valence-corrected chi connectivity index (χ2v) is 6.64. The van der Waals surface area contributed by atoms with E-state index >= 15 is 0 Å². The largest absolute Gasteiger partial charge is 0.507 e. The number of phenolic OH excluding ortho intramolecular Hbond substituents is 1. The highest BCUT2D eigenvalue weighted by Crippen LogP contribution is 2.25. The summed E-state index contributed by atoms with van der Waals surface area (Å²) < 4.78 is 0. The number of rotatable bonds is 5. The van der Waals surface area contributed by atoms with Crippen molar-refractivity contribution >= 4 is 52.0 Å². The van der Waals surface area contributed by atoms with Crippen LogP contribution in [0.4, 0.5) is 0 Å². The number of nitrogens with zero attached hydrogens (tertiary/aromatic N) is 1. The van der Waals surface area contributed by atoms with Crippen molar-refractivity contribution in [2.75, 3.05) is 6.54 Å². The van der Waals surface area contributed by atoms with Crippen LogP contribution in [0.3, 0.4) is 0 Å². The Labute approximate surface area is 170 Å². The van der Waals surface area contributed by atoms with Crippen LogP contribution in [0, 0.1) is 0 Å². The molecule has 0 aliphatic carbocycles. The molecule has 0 bridgehead atoms. The number of halogens is 2. The number of fused-ring (bicyclic) bond motifs is 1. The van der Waals surface area contributed by atoms with Gasteiger partial charge in [-0.25, -0.2) is 5.43 Å². The van der Waals surface area contributed by atoms with E-state index in [1.54, 1.807) is 12.1 Å². The topological polar surface area (TPSA) is 90.8 Å². The van der Waals surface area contributed by atoms with E-state index in [0.717, 1.165) is 10.8 Å². The summed E-state index contributed by atoms with van der Waals surface area (Å²) in [5.74, 6) is -0.946. The molecule has 3 N–H and O–H groups in total. The van der Waals surface area contributed by atoms with Gasteiger partial charge in [0.1, 0.15) is 5.75 Å². The number of nitrogens with one attached hydrogen (secondary N) is 2. The van der Waals surface area contributed by atoms with E-state index in [9.17, 15) is 14.7 Å². The Kier molecular flexibility index (Phi) is 6.13. The van der Waals surface area contributed by atoms with Gasteiger partial charge < -0.3 is 10.4 Å². The third kappa shape index (κ3) is 4.60. The molecule has 0 aromatic heterocycles. The maximum atomic E-state index is 12.0. The standard InChI is InChI=1S/C20H15Cl2N3O3/c21-16-7-5-13(9-17(16)22)20(28)23-11-19(27)25-24-10-15-14-4-2-1-3-12(14)6-8-18(15)26/h1-10,26H,11H2,(H,23,28)(H,25,27)/b24-10+. The summed E-state index contributed by atoms with van der Waals surface area (Å²) in [4.78, 5) is 23.9. The first-order valence-electron chi connectivity index (χ1n) is 8.21. The van der Waals surface area contributed by atoms with Crippen LogP contribution in [-0.4, -0.2) is 29.7 Å². The van der Waals surface area contributed by atoms with Gasteiger partial charge in [-0.15, -0.1) is 0 Å². The van der Waals surface area contributed by atoms with Gasteiger partial charge in [-0.2, -0.15) is 5.10 Å². The molecule has 0 atom stereocenters. The average molecular weight is 416 g/mol. The number of carbonyl (C=O) groups is 2. The van der Waals surface area contributed by atoms with Crippen LogP contribution in [-0.2, 0) is 4.79 Å². The average Bonchev–Trinajstić information content (AvgIpc) is 2.70. The van der Waals surface area contributed by atoms with Crippen molar-refractivity contribution in [2.24, 2.45) is 5.10 Å². The maximum Gasteiger partial charge on any atom is 0.259 e. The molecule has 0 unspecified atom stereocenters. The molecular formula is C20H15Cl2N3O3. The minimum absolute atomic E-state index is 0.0459. The van der Waals surface area contributed by atoms with Gasteiger partial charge in [0.25, 0.3) is 11.8 Å². The first-order valence-corrected chi connectivity index (χ1v) is 8.97. The lowest BCUT2D eigenvalue weighted by Crippen LogP contribution is -2.34. The molecule has 3 aromatic carbocycles. The third-order valence-corrected chi connectivity index (χ3v) is 4.66. The predicted octanol–water partition coefficient (Wildman–Crippen LogP) is 3.73. The lowest BCUT2D eigenvalue weighted by atomic mass is 10.0. The zero-order valence-corrected chi connectivity index (χ0v) is 16.0. The molecule has 142 valence electrons. The second kappa shape index (κ2) is 8.73. The highest BCUT2D eigenvalue weighted by molar-refractivity contribution is 6.42. The summed E-state index contributed by atoms with van der Waals surface area (Å²) in [6, 6.07) is 15.2. The van der Waals surface area contributed by atoms with E-state index in [1.807, 2.05) is 24.3 Å². The van der Waals surface area contributed by atoms with Crippen molar-refractivity contribution in [1.29, 1.82) is 0 Å². The highest BCUT2D eigenvalue weighted by atomic mass is 35.5. The molecule has 2 amide bonds. The monoisotopic (exact) mass is 415 g/mol. The Bertz CT molecular complexity index is 1080. The van der Waals surface area contributed by atoms with Crippen LogP contribution in [0.1, 0.15) is 15.9 Å². The van der Waals surface area contributed by atoms with Crippen molar-refractivity contribution < 1.29 is 14.7 Å². The maximum absolute atomic E-state index is 12.0. The Balaban J connectivity index is 1.59. The Hall–Kier alpha value is -3.09. The van der Waals surface area contributed by atoms with Crippen molar-refractivity contribution in [3.63, 3.8) is 0 Å². The van der Waals surface area contributed by atoms with E-state index in [1.165, 1.54) is 24.4 Å². The number of carbonyl (C=O) groups excluding carboxylic acids is 2. The third-order valence-electron chi connectivity index (χ3n) is 3.92. The molecular weight excluding hydrogens is 401 g/mol. The molecule has 0 fully saturated rings. The number of hydrogen-bond acceptors (Lipinski definition) is 4. The summed E-state index contributed by atoms with van der Waals surface area (Å²) in [7, 11) is 0. The highest BCUT2D eigenvalue weighted by Gasteiger charge is 2.10. The summed E-state index contributed by atoms with van der Waals surface area (Å²) in [5.41, 5.74) is 3.08. The number of phenols is 1. The predicted molar refractivity (Wildman–Crippen MR) is 110 cm³/mol. The zero-order valence-electron chi connectivity index (χ0n) is 14.4. The fraction of sp³-hybridized carbons (Fsp3) is 0.0500. The van der Waals surface area contributed by atoms with E-state index in [-0.39, 0.29) is 22.9 Å². The molecule has 6 nitrogen and oxygen atoms in total. The number of benzene rings is 3. The minimum Gasteiger partial charge on any atom is -0.507 e. The molecule has 0 saturated heterocycles. The lowest BCUT2D eigenvalue weighted by molar-refractivity contribution is -0.120. The van der Waals surface area contributed by atoms with Crippen LogP contribution < -0.4 is 10.7 Å². The number of hydrazone groups is 1. The van der Waals surface area contributed by atoms with Gasteiger partial charge in [0.05, 0.1) is 22.8 Å². The molecule has 0 radical (unpaired) electrons. The molecule has 28 heavy (non-hydrogen) atoms. The Morgan fingerprint density at radius 3 is 2.61 bits per heavy atom. The second-order valence-electron chi connectivity index (χ2n) is 5.82. The molecule has 8 heteroatoms. The van der Waals surface area contributed by atoms with E-state index in [2.05, 4.69) is 15.8 Å². The van der Waals surface area contributed by atoms with Crippen molar-refractivity contribution in [2.45, 2.75) is 0 Å². The summed E-state index contributed by atoms with van der Waals surface area (Å²) in [6.45, 7) is -0.280. The SMILES string of the molecule is O=C(CNC(=O)c1ccc(Cl)c(Cl)c1)N/N=C/c1c(O)ccc2ccccc12. The van der Waals surface area contributed by atoms with Crippen molar-refractivity contribution in [3.8, 4) is 5.75 Å². The number of amides is 2. The van der Waals surface area contributed by atoms with Crippen molar-refractivity contribution in [1.82, 2.24) is 10.7 Å². The molecule has 3 rings (SSSR count). The van der Waals surface area contributed by atoms with E-state index in [4.69, 9.17) is 23.2 Å². The molecule has 0 aliphatic rings. The van der Waals surface area contributed by atoms with Crippen LogP contribution in [0.5, 0.6) is 5.75 Å². The summed E-state index contributed by atoms with van der Waals surface area (Å²) in [6.07, 6.45) is 1.36. The van der Waals surface area contributed by atoms with Gasteiger partial charge in [0.15, 0.2) is 0 Å². The van der Waals surface area contributed by atoms with E-state index in [0.29, 0.717) is 10.6 Å². The quantitative estimate of drug-likeness (QED) is 0.437. The molecule has 3 aromatic rings. The van der Waals surface area contributed by atoms with Crippen LogP contribution in [0.25, 0.3) is 10.8 Å². The smallest absolute Gasteiger partial charge is 0.259 e. The van der Waals surface area contributed by atoms with Gasteiger partial charge >= 0.3 is 0 Å².